The maximum atomic E-state index is 13.1. The molecule has 0 saturated heterocycles. The number of hydrogen-bond acceptors (Lipinski definition) is 5. The Morgan fingerprint density at radius 1 is 1.27 bits per heavy atom. The second kappa shape index (κ2) is 9.37. The molecule has 2 unspecified atom stereocenters. The van der Waals surface area contributed by atoms with Crippen LogP contribution in [0.15, 0.2) is 36.5 Å². The fourth-order valence-electron chi connectivity index (χ4n) is 3.07. The topological polar surface area (TPSA) is 119 Å². The predicted octanol–water partition coefficient (Wildman–Crippen LogP) is 1.27. The Balaban J connectivity index is 2.31. The van der Waals surface area contributed by atoms with E-state index in [1.807, 2.05) is 0 Å². The molecule has 0 aliphatic rings. The number of halogens is 3. The van der Waals surface area contributed by atoms with Gasteiger partial charge in [0.25, 0.3) is 0 Å². The summed E-state index contributed by atoms with van der Waals surface area (Å²) in [5.74, 6) is -2.63. The number of nitrogens with zero attached hydrogens (tertiary/aromatic N) is 3. The van der Waals surface area contributed by atoms with Gasteiger partial charge in [-0.15, -0.1) is 0 Å². The Morgan fingerprint density at radius 3 is 2.43 bits per heavy atom. The van der Waals surface area contributed by atoms with Crippen molar-refractivity contribution in [1.29, 1.82) is 0 Å². The average Bonchev–Trinajstić information content (AvgIpc) is 3.05. The highest BCUT2D eigenvalue weighted by molar-refractivity contribution is 5.89. The molecule has 2 amide bonds. The van der Waals surface area contributed by atoms with Gasteiger partial charge >= 0.3 is 6.18 Å². The highest BCUT2D eigenvalue weighted by Gasteiger charge is 2.38. The van der Waals surface area contributed by atoms with E-state index in [1.54, 1.807) is 30.3 Å². The number of carbonyl (C=O) groups is 2. The Kier molecular flexibility index (Phi) is 7.14. The SMILES string of the molecule is CNC(=O)C(NC(=O)Cc1cn(C)nc1C(F)(F)F)C(C[N+](=O)[O-])c1ccccc1. The Bertz CT molecular complexity index is 914. The van der Waals surface area contributed by atoms with Crippen molar-refractivity contribution in [2.75, 3.05) is 13.6 Å². The first-order chi connectivity index (χ1) is 14.0. The summed E-state index contributed by atoms with van der Waals surface area (Å²) >= 11 is 0. The smallest absolute Gasteiger partial charge is 0.357 e. The summed E-state index contributed by atoms with van der Waals surface area (Å²) in [5.41, 5.74) is -1.15. The van der Waals surface area contributed by atoms with E-state index in [-0.39, 0.29) is 5.56 Å². The summed E-state index contributed by atoms with van der Waals surface area (Å²) in [6.07, 6.45) is -4.39. The summed E-state index contributed by atoms with van der Waals surface area (Å²) in [4.78, 5) is 35.4. The molecule has 1 aromatic heterocycles. The van der Waals surface area contributed by atoms with Crippen molar-refractivity contribution in [3.8, 4) is 0 Å². The van der Waals surface area contributed by atoms with E-state index in [9.17, 15) is 32.9 Å². The third-order valence-electron chi connectivity index (χ3n) is 4.35. The fraction of sp³-hybridized carbons (Fsp3) is 0.389. The summed E-state index contributed by atoms with van der Waals surface area (Å²) in [6, 6.07) is 6.70. The maximum absolute atomic E-state index is 13.1. The molecule has 2 aromatic rings. The van der Waals surface area contributed by atoms with Gasteiger partial charge in [-0.25, -0.2) is 0 Å². The van der Waals surface area contributed by atoms with Crippen molar-refractivity contribution in [2.45, 2.75) is 24.6 Å². The van der Waals surface area contributed by atoms with Gasteiger partial charge in [-0.1, -0.05) is 30.3 Å². The molecule has 0 aliphatic carbocycles. The third-order valence-corrected chi connectivity index (χ3v) is 4.35. The Hall–Kier alpha value is -3.44. The Morgan fingerprint density at radius 2 is 1.90 bits per heavy atom. The maximum Gasteiger partial charge on any atom is 0.435 e. The lowest BCUT2D eigenvalue weighted by Crippen LogP contribution is -2.51. The monoisotopic (exact) mass is 427 g/mol. The fourth-order valence-corrected chi connectivity index (χ4v) is 3.07. The number of rotatable bonds is 8. The van der Waals surface area contributed by atoms with Gasteiger partial charge in [-0.05, 0) is 5.56 Å². The Labute approximate surface area is 169 Å². The standard InChI is InChI=1S/C18H20F3N5O4/c1-22-17(28)15(13(10-26(29)30)11-6-4-3-5-7-11)23-14(27)8-12-9-25(2)24-16(12)18(19,20)21/h3-7,9,13,15H,8,10H2,1-2H3,(H,22,28)(H,23,27). The first-order valence-electron chi connectivity index (χ1n) is 8.80. The minimum absolute atomic E-state index is 0.372. The third kappa shape index (κ3) is 5.78. The van der Waals surface area contributed by atoms with Crippen molar-refractivity contribution in [3.63, 3.8) is 0 Å². The molecule has 1 heterocycles. The van der Waals surface area contributed by atoms with Crippen molar-refractivity contribution >= 4 is 11.8 Å². The molecule has 2 atom stereocenters. The molecule has 1 aromatic carbocycles. The van der Waals surface area contributed by atoms with Gasteiger partial charge in [-0.2, -0.15) is 18.3 Å². The molecule has 12 heteroatoms. The number of amides is 2. The number of benzene rings is 1. The van der Waals surface area contributed by atoms with Gasteiger partial charge in [0.05, 0.1) is 12.3 Å². The summed E-state index contributed by atoms with van der Waals surface area (Å²) < 4.78 is 40.2. The molecule has 0 radical (unpaired) electrons. The van der Waals surface area contributed by atoms with Gasteiger partial charge < -0.3 is 10.6 Å². The molecule has 162 valence electrons. The molecule has 9 nitrogen and oxygen atoms in total. The predicted molar refractivity (Wildman–Crippen MR) is 99.0 cm³/mol. The van der Waals surface area contributed by atoms with E-state index >= 15 is 0 Å². The summed E-state index contributed by atoms with van der Waals surface area (Å²) in [5, 5.41) is 19.2. The molecule has 2 N–H and O–H groups in total. The van der Waals surface area contributed by atoms with E-state index in [2.05, 4.69) is 15.7 Å². The number of likely N-dealkylation sites (N-methyl/N-ethyl adjacent to an activating group) is 1. The molecule has 0 saturated carbocycles. The van der Waals surface area contributed by atoms with Crippen LogP contribution >= 0.6 is 0 Å². The number of hydrogen-bond donors (Lipinski definition) is 2. The van der Waals surface area contributed by atoms with E-state index in [0.717, 1.165) is 10.9 Å². The largest absolute Gasteiger partial charge is 0.435 e. The van der Waals surface area contributed by atoms with E-state index < -0.39 is 53.5 Å². The van der Waals surface area contributed by atoms with Gasteiger partial charge in [0.2, 0.25) is 18.4 Å². The highest BCUT2D eigenvalue weighted by Crippen LogP contribution is 2.31. The second-order valence-electron chi connectivity index (χ2n) is 6.54. The minimum atomic E-state index is -4.75. The first kappa shape index (κ1) is 22.8. The molecular formula is C18H20F3N5O4. The number of carbonyl (C=O) groups excluding carboxylic acids is 2. The number of aryl methyl sites for hydroxylation is 1. The lowest BCUT2D eigenvalue weighted by Gasteiger charge is -2.24. The van der Waals surface area contributed by atoms with Gasteiger partial charge in [0.15, 0.2) is 5.69 Å². The quantitative estimate of drug-likeness (QED) is 0.486. The molecule has 30 heavy (non-hydrogen) atoms. The normalized spacial score (nSPS) is 13.4. The van der Waals surface area contributed by atoms with Crippen LogP contribution in [0.4, 0.5) is 13.2 Å². The molecular weight excluding hydrogens is 407 g/mol. The van der Waals surface area contributed by atoms with Crippen LogP contribution < -0.4 is 10.6 Å². The van der Waals surface area contributed by atoms with Gasteiger partial charge in [-0.3, -0.25) is 24.4 Å². The van der Waals surface area contributed by atoms with Crippen LogP contribution in [0.25, 0.3) is 0 Å². The lowest BCUT2D eigenvalue weighted by molar-refractivity contribution is -0.483. The molecule has 0 aliphatic heterocycles. The molecule has 2 rings (SSSR count). The lowest BCUT2D eigenvalue weighted by atomic mass is 9.90. The first-order valence-corrected chi connectivity index (χ1v) is 8.80. The van der Waals surface area contributed by atoms with Crippen LogP contribution in [0.1, 0.15) is 22.7 Å². The van der Waals surface area contributed by atoms with Crippen LogP contribution in [-0.2, 0) is 29.2 Å². The molecule has 0 fully saturated rings. The van der Waals surface area contributed by atoms with Gasteiger partial charge in [0.1, 0.15) is 6.04 Å². The van der Waals surface area contributed by atoms with Crippen molar-refractivity contribution in [1.82, 2.24) is 20.4 Å². The van der Waals surface area contributed by atoms with E-state index in [1.165, 1.54) is 14.1 Å². The zero-order valence-corrected chi connectivity index (χ0v) is 16.1. The summed E-state index contributed by atoms with van der Waals surface area (Å²) in [7, 11) is 2.57. The molecule has 0 bridgehead atoms. The van der Waals surface area contributed by atoms with Crippen LogP contribution in [0, 0.1) is 10.1 Å². The number of nitrogens with one attached hydrogen (secondary N) is 2. The number of alkyl halides is 3. The van der Waals surface area contributed by atoms with Crippen LogP contribution in [0.3, 0.4) is 0 Å². The van der Waals surface area contributed by atoms with E-state index in [4.69, 9.17) is 0 Å². The number of aromatic nitrogens is 2. The molecule has 0 spiro atoms. The van der Waals surface area contributed by atoms with Crippen LogP contribution in [0.5, 0.6) is 0 Å². The minimum Gasteiger partial charge on any atom is -0.357 e. The van der Waals surface area contributed by atoms with Crippen LogP contribution in [-0.4, -0.2) is 46.2 Å². The van der Waals surface area contributed by atoms with E-state index in [0.29, 0.717) is 5.56 Å². The zero-order valence-electron chi connectivity index (χ0n) is 16.1. The van der Waals surface area contributed by atoms with Crippen molar-refractivity contribution in [3.05, 3.63) is 63.5 Å². The van der Waals surface area contributed by atoms with Crippen LogP contribution in [0.2, 0.25) is 0 Å². The van der Waals surface area contributed by atoms with Gasteiger partial charge in [0, 0.05) is 30.8 Å². The highest BCUT2D eigenvalue weighted by atomic mass is 19.4. The average molecular weight is 427 g/mol. The van der Waals surface area contributed by atoms with Crippen molar-refractivity contribution < 1.29 is 27.7 Å². The van der Waals surface area contributed by atoms with Crippen molar-refractivity contribution in [2.24, 2.45) is 7.05 Å². The summed E-state index contributed by atoms with van der Waals surface area (Å²) in [6.45, 7) is -0.664. The second-order valence-corrected chi connectivity index (χ2v) is 6.54. The number of nitro groups is 1. The zero-order chi connectivity index (χ0) is 22.5.